The molecule has 38 heavy (non-hydrogen) atoms. The molecule has 0 saturated carbocycles. The van der Waals surface area contributed by atoms with Crippen LogP contribution in [0.5, 0.6) is 0 Å². The van der Waals surface area contributed by atoms with Crippen LogP contribution in [0.1, 0.15) is 0 Å². The van der Waals surface area contributed by atoms with Crippen LogP contribution in [-0.2, 0) is 0 Å². The van der Waals surface area contributed by atoms with E-state index in [1.807, 2.05) is 6.20 Å². The molecule has 0 amide bonds. The van der Waals surface area contributed by atoms with Gasteiger partial charge >= 0.3 is 0 Å². The summed E-state index contributed by atoms with van der Waals surface area (Å²) in [5.74, 6) is 0. The van der Waals surface area contributed by atoms with Gasteiger partial charge in [-0.3, -0.25) is 0 Å². The zero-order valence-electron chi connectivity index (χ0n) is 20.7. The van der Waals surface area contributed by atoms with Gasteiger partial charge < -0.3 is 0 Å². The van der Waals surface area contributed by atoms with Gasteiger partial charge in [0.1, 0.15) is 6.33 Å². The van der Waals surface area contributed by atoms with Gasteiger partial charge in [-0.1, -0.05) is 121 Å². The molecular weight excluding hydrogens is 497 g/mol. The quantitative estimate of drug-likeness (QED) is 0.209. The molecule has 180 valence electrons. The van der Waals surface area contributed by atoms with E-state index in [1.165, 1.54) is 42.0 Å². The normalized spacial score (nSPS) is 11.7. The van der Waals surface area contributed by atoms with Gasteiger partial charge in [0.15, 0.2) is 8.07 Å². The molecule has 7 aromatic rings. The Hall–Kier alpha value is -4.38. The summed E-state index contributed by atoms with van der Waals surface area (Å²) in [7, 11) is -2.57. The average Bonchev–Trinajstić information content (AvgIpc) is 3.38. The van der Waals surface area contributed by atoms with Gasteiger partial charge in [-0.05, 0) is 44.0 Å². The molecule has 0 unspecified atom stereocenters. The predicted molar refractivity (Wildman–Crippen MR) is 164 cm³/mol. The van der Waals surface area contributed by atoms with E-state index in [-0.39, 0.29) is 0 Å². The number of rotatable bonds is 5. The van der Waals surface area contributed by atoms with Crippen LogP contribution in [0.15, 0.2) is 146 Å². The van der Waals surface area contributed by atoms with Gasteiger partial charge in [0.25, 0.3) is 0 Å². The van der Waals surface area contributed by atoms with Crippen molar-refractivity contribution < 1.29 is 0 Å². The van der Waals surface area contributed by atoms with E-state index in [2.05, 4.69) is 143 Å². The minimum Gasteiger partial charge on any atom is -0.243 e. The van der Waals surface area contributed by atoms with E-state index < -0.39 is 8.07 Å². The van der Waals surface area contributed by atoms with Crippen molar-refractivity contribution in [3.63, 3.8) is 0 Å². The van der Waals surface area contributed by atoms with E-state index in [4.69, 9.17) is 0 Å². The molecule has 0 aliphatic heterocycles. The maximum absolute atomic E-state index is 4.59. The fourth-order valence-electron chi connectivity index (χ4n) is 5.69. The van der Waals surface area contributed by atoms with E-state index in [0.717, 1.165) is 10.2 Å². The van der Waals surface area contributed by atoms with Crippen LogP contribution in [0.2, 0.25) is 0 Å². The summed E-state index contributed by atoms with van der Waals surface area (Å²) < 4.78 is 2.36. The minimum absolute atomic E-state index is 1.03. The summed E-state index contributed by atoms with van der Waals surface area (Å²) in [4.78, 5) is 8.80. The van der Waals surface area contributed by atoms with Crippen molar-refractivity contribution in [1.82, 2.24) is 9.97 Å². The van der Waals surface area contributed by atoms with Crippen molar-refractivity contribution >= 4 is 60.5 Å². The molecule has 5 aromatic carbocycles. The first-order valence-corrected chi connectivity index (χ1v) is 15.6. The molecule has 0 N–H and O–H groups in total. The highest BCUT2D eigenvalue weighted by atomic mass is 32.1. The molecule has 0 saturated heterocycles. The molecule has 2 nitrogen and oxygen atoms in total. The molecular formula is C34H24N2SSi. The number of hydrogen-bond donors (Lipinski definition) is 0. The van der Waals surface area contributed by atoms with Crippen LogP contribution in [0.25, 0.3) is 31.4 Å². The lowest BCUT2D eigenvalue weighted by molar-refractivity contribution is 1.23. The fourth-order valence-corrected chi connectivity index (χ4v) is 11.5. The van der Waals surface area contributed by atoms with Crippen LogP contribution in [-0.4, -0.2) is 18.0 Å². The third-order valence-corrected chi connectivity index (χ3v) is 13.3. The van der Waals surface area contributed by atoms with Crippen molar-refractivity contribution in [1.29, 1.82) is 0 Å². The van der Waals surface area contributed by atoms with E-state index >= 15 is 0 Å². The van der Waals surface area contributed by atoms with Crippen LogP contribution >= 0.6 is 11.3 Å². The third kappa shape index (κ3) is 3.69. The van der Waals surface area contributed by atoms with Gasteiger partial charge in [0.05, 0.1) is 10.2 Å². The predicted octanol–water partition coefficient (Wildman–Crippen LogP) is 5.89. The Morgan fingerprint density at radius 3 is 1.71 bits per heavy atom. The molecule has 0 atom stereocenters. The highest BCUT2D eigenvalue weighted by Gasteiger charge is 2.41. The number of thiophene rings is 1. The summed E-state index contributed by atoms with van der Waals surface area (Å²) >= 11 is 1.75. The van der Waals surface area contributed by atoms with Gasteiger partial charge in [-0.2, -0.15) is 0 Å². The third-order valence-electron chi connectivity index (χ3n) is 7.38. The lowest BCUT2D eigenvalue weighted by atomic mass is 10.0. The number of benzene rings is 5. The monoisotopic (exact) mass is 520 g/mol. The van der Waals surface area contributed by atoms with Gasteiger partial charge in [0.2, 0.25) is 0 Å². The number of fused-ring (bicyclic) bond motifs is 3. The molecule has 7 rings (SSSR count). The van der Waals surface area contributed by atoms with Crippen LogP contribution in [0.4, 0.5) is 0 Å². The highest BCUT2D eigenvalue weighted by Crippen LogP contribution is 2.34. The second kappa shape index (κ2) is 9.49. The molecule has 2 aromatic heterocycles. The van der Waals surface area contributed by atoms with Crippen LogP contribution < -0.4 is 20.7 Å². The van der Waals surface area contributed by atoms with Crippen LogP contribution in [0.3, 0.4) is 0 Å². The molecule has 0 aliphatic rings. The number of aromatic nitrogens is 2. The summed E-state index contributed by atoms with van der Waals surface area (Å²) in [6, 6.07) is 49.2. The summed E-state index contributed by atoms with van der Waals surface area (Å²) in [6.07, 6.45) is 3.55. The lowest BCUT2D eigenvalue weighted by Crippen LogP contribution is -2.74. The van der Waals surface area contributed by atoms with E-state index in [0.29, 0.717) is 0 Å². The molecule has 0 fully saturated rings. The smallest absolute Gasteiger partial charge is 0.179 e. The first-order chi connectivity index (χ1) is 18.8. The molecule has 2 heterocycles. The highest BCUT2D eigenvalue weighted by molar-refractivity contribution is 7.25. The number of nitrogens with zero attached hydrogens (tertiary/aromatic N) is 2. The Balaban J connectivity index is 1.49. The van der Waals surface area contributed by atoms with Gasteiger partial charge in [-0.25, -0.2) is 9.97 Å². The van der Waals surface area contributed by atoms with Crippen molar-refractivity contribution in [3.8, 4) is 11.1 Å². The summed E-state index contributed by atoms with van der Waals surface area (Å²) in [6.45, 7) is 0. The van der Waals surface area contributed by atoms with Crippen molar-refractivity contribution in [3.05, 3.63) is 146 Å². The van der Waals surface area contributed by atoms with E-state index in [9.17, 15) is 0 Å². The van der Waals surface area contributed by atoms with E-state index in [1.54, 1.807) is 17.7 Å². The summed E-state index contributed by atoms with van der Waals surface area (Å²) in [5.41, 5.74) is 3.45. The second-order valence-electron chi connectivity index (χ2n) is 9.48. The van der Waals surface area contributed by atoms with Crippen LogP contribution in [0, 0.1) is 0 Å². The standard InChI is InChI=1S/C34H24N2SSi/c1-4-12-27(13-5-1)38(28-14-6-2-7-15-28,29-16-8-3-9-17-29)30-18-10-11-25(21-30)26-19-20-32-31(22-26)34-33(37-32)23-35-24-36-34/h1-24H. The maximum Gasteiger partial charge on any atom is 0.179 e. The first kappa shape index (κ1) is 22.8. The molecule has 0 spiro atoms. The second-order valence-corrected chi connectivity index (χ2v) is 14.4. The van der Waals surface area contributed by atoms with Crippen molar-refractivity contribution in [2.45, 2.75) is 0 Å². The van der Waals surface area contributed by atoms with Gasteiger partial charge in [-0.15, -0.1) is 11.3 Å². The summed E-state index contributed by atoms with van der Waals surface area (Å²) in [5, 5.41) is 6.70. The SMILES string of the molecule is c1ccc([Si](c2ccccc2)(c2ccccc2)c2cccc(-c3ccc4sc5cncnc5c4c3)c2)cc1. The van der Waals surface area contributed by atoms with Crippen molar-refractivity contribution in [2.24, 2.45) is 0 Å². The zero-order valence-corrected chi connectivity index (χ0v) is 22.5. The Labute approximate surface area is 226 Å². The number of hydrogen-bond acceptors (Lipinski definition) is 3. The zero-order chi connectivity index (χ0) is 25.4. The Kier molecular flexibility index (Phi) is 5.69. The molecule has 0 radical (unpaired) electrons. The topological polar surface area (TPSA) is 25.8 Å². The van der Waals surface area contributed by atoms with Crippen molar-refractivity contribution in [2.75, 3.05) is 0 Å². The molecule has 0 aliphatic carbocycles. The molecule has 4 heteroatoms. The Morgan fingerprint density at radius 2 is 1.08 bits per heavy atom. The fraction of sp³-hybridized carbons (Fsp3) is 0. The Bertz CT molecular complexity index is 1770. The lowest BCUT2D eigenvalue weighted by Gasteiger charge is -2.34. The maximum atomic E-state index is 4.59. The van der Waals surface area contributed by atoms with Gasteiger partial charge in [0, 0.05) is 16.3 Å². The average molecular weight is 521 g/mol. The largest absolute Gasteiger partial charge is 0.243 e. The Morgan fingerprint density at radius 1 is 0.500 bits per heavy atom. The molecule has 0 bridgehead atoms. The minimum atomic E-state index is -2.57. The first-order valence-electron chi connectivity index (χ1n) is 12.7.